The number of benzene rings is 1. The molecule has 0 aromatic heterocycles. The van der Waals surface area contributed by atoms with Crippen LogP contribution in [0.5, 0.6) is 11.5 Å². The summed E-state index contributed by atoms with van der Waals surface area (Å²) in [5.41, 5.74) is -0.490. The lowest BCUT2D eigenvalue weighted by molar-refractivity contribution is -0.142. The molecule has 1 aliphatic heterocycles. The number of halogens is 1. The lowest BCUT2D eigenvalue weighted by Crippen LogP contribution is -2.43. The maximum atomic E-state index is 13.0. The van der Waals surface area contributed by atoms with Crippen LogP contribution in [0.1, 0.15) is 38.5 Å². The molecule has 0 atom stereocenters. The van der Waals surface area contributed by atoms with Crippen LogP contribution in [0.4, 0.5) is 5.69 Å². The summed E-state index contributed by atoms with van der Waals surface area (Å²) in [6, 6.07) is 3.21. The van der Waals surface area contributed by atoms with E-state index in [1.165, 1.54) is 14.2 Å². The van der Waals surface area contributed by atoms with Crippen molar-refractivity contribution in [2.24, 2.45) is 5.41 Å². The Bertz CT molecular complexity index is 695. The summed E-state index contributed by atoms with van der Waals surface area (Å²) < 4.78 is 10.5. The van der Waals surface area contributed by atoms with Gasteiger partial charge in [0.2, 0.25) is 11.8 Å². The van der Waals surface area contributed by atoms with Gasteiger partial charge in [0.05, 0.1) is 24.9 Å². The number of methoxy groups -OCH3 is 2. The smallest absolute Gasteiger partial charge is 0.240 e. The van der Waals surface area contributed by atoms with Gasteiger partial charge in [-0.05, 0) is 25.7 Å². The van der Waals surface area contributed by atoms with Gasteiger partial charge >= 0.3 is 0 Å². The van der Waals surface area contributed by atoms with Crippen molar-refractivity contribution in [2.45, 2.75) is 38.5 Å². The van der Waals surface area contributed by atoms with Crippen LogP contribution in [0.25, 0.3) is 0 Å². The number of rotatable bonds is 5. The van der Waals surface area contributed by atoms with Crippen molar-refractivity contribution in [1.82, 2.24) is 4.90 Å². The number of anilines is 1. The molecule has 3 rings (SSSR count). The second kappa shape index (κ2) is 7.74. The van der Waals surface area contributed by atoms with Gasteiger partial charge in [-0.1, -0.05) is 24.4 Å². The van der Waals surface area contributed by atoms with E-state index in [-0.39, 0.29) is 11.8 Å². The summed E-state index contributed by atoms with van der Waals surface area (Å²) in [6.45, 7) is 1.48. The number of ether oxygens (including phenoxy) is 2. The monoisotopic (exact) mass is 380 g/mol. The SMILES string of the molecule is COc1cc(NC(=O)C2(C(=O)N3CCCCCC3)CC2)c(OC)cc1Cl. The van der Waals surface area contributed by atoms with E-state index >= 15 is 0 Å². The topological polar surface area (TPSA) is 67.9 Å². The normalized spacial score (nSPS) is 18.7. The highest BCUT2D eigenvalue weighted by Crippen LogP contribution is 2.49. The van der Waals surface area contributed by atoms with Gasteiger partial charge in [-0.2, -0.15) is 0 Å². The van der Waals surface area contributed by atoms with Gasteiger partial charge in [-0.25, -0.2) is 0 Å². The van der Waals surface area contributed by atoms with E-state index in [4.69, 9.17) is 21.1 Å². The van der Waals surface area contributed by atoms with Crippen LogP contribution in [-0.2, 0) is 9.59 Å². The Kier molecular flexibility index (Phi) is 5.61. The highest BCUT2D eigenvalue weighted by atomic mass is 35.5. The van der Waals surface area contributed by atoms with Crippen molar-refractivity contribution in [1.29, 1.82) is 0 Å². The molecule has 0 unspecified atom stereocenters. The first-order valence-corrected chi connectivity index (χ1v) is 9.42. The molecular weight excluding hydrogens is 356 g/mol. The number of carbonyl (C=O) groups excluding carboxylic acids is 2. The second-order valence-electron chi connectivity index (χ2n) is 6.93. The fourth-order valence-electron chi connectivity index (χ4n) is 3.44. The Labute approximate surface area is 158 Å². The predicted molar refractivity (Wildman–Crippen MR) is 99.9 cm³/mol. The van der Waals surface area contributed by atoms with Gasteiger partial charge in [0.1, 0.15) is 16.9 Å². The van der Waals surface area contributed by atoms with E-state index in [0.29, 0.717) is 35.1 Å². The maximum absolute atomic E-state index is 13.0. The molecule has 0 radical (unpaired) electrons. The molecular formula is C19H25ClN2O4. The Balaban J connectivity index is 1.78. The van der Waals surface area contributed by atoms with Crippen LogP contribution in [0, 0.1) is 5.41 Å². The minimum absolute atomic E-state index is 0.0446. The molecule has 1 N–H and O–H groups in total. The first-order valence-electron chi connectivity index (χ1n) is 9.04. The Morgan fingerprint density at radius 2 is 1.65 bits per heavy atom. The summed E-state index contributed by atoms with van der Waals surface area (Å²) in [4.78, 5) is 27.8. The Morgan fingerprint density at radius 1 is 1.04 bits per heavy atom. The lowest BCUT2D eigenvalue weighted by Gasteiger charge is -2.25. The molecule has 1 saturated heterocycles. The van der Waals surface area contributed by atoms with Gasteiger partial charge in [0.25, 0.3) is 0 Å². The van der Waals surface area contributed by atoms with E-state index in [2.05, 4.69) is 5.32 Å². The molecule has 1 aromatic rings. The van der Waals surface area contributed by atoms with Crippen molar-refractivity contribution >= 4 is 29.1 Å². The van der Waals surface area contributed by atoms with E-state index in [0.717, 1.165) is 38.8 Å². The van der Waals surface area contributed by atoms with Crippen molar-refractivity contribution in [3.05, 3.63) is 17.2 Å². The molecule has 1 heterocycles. The van der Waals surface area contributed by atoms with Gasteiger partial charge in [-0.3, -0.25) is 9.59 Å². The molecule has 6 nitrogen and oxygen atoms in total. The molecule has 26 heavy (non-hydrogen) atoms. The van der Waals surface area contributed by atoms with Crippen LogP contribution >= 0.6 is 11.6 Å². The van der Waals surface area contributed by atoms with Crippen LogP contribution in [0.15, 0.2) is 12.1 Å². The van der Waals surface area contributed by atoms with Crippen molar-refractivity contribution < 1.29 is 19.1 Å². The van der Waals surface area contributed by atoms with Crippen molar-refractivity contribution in [2.75, 3.05) is 32.6 Å². The largest absolute Gasteiger partial charge is 0.495 e. The summed E-state index contributed by atoms with van der Waals surface area (Å²) in [6.07, 6.45) is 5.47. The minimum Gasteiger partial charge on any atom is -0.495 e. The minimum atomic E-state index is -0.942. The first kappa shape index (κ1) is 18.8. The maximum Gasteiger partial charge on any atom is 0.240 e. The number of nitrogens with zero attached hydrogens (tertiary/aromatic N) is 1. The molecule has 1 saturated carbocycles. The average Bonchev–Trinajstić information content (AvgIpc) is 3.47. The van der Waals surface area contributed by atoms with Crippen molar-refractivity contribution in [3.8, 4) is 11.5 Å². The average molecular weight is 381 g/mol. The molecule has 0 spiro atoms. The summed E-state index contributed by atoms with van der Waals surface area (Å²) in [5.74, 6) is 0.542. The standard InChI is InChI=1S/C19H25ClN2O4/c1-25-15-12-14(16(26-2)11-13(15)20)21-17(23)19(7-8-19)18(24)22-9-5-3-4-6-10-22/h11-12H,3-10H2,1-2H3,(H,21,23). The molecule has 0 bridgehead atoms. The number of likely N-dealkylation sites (tertiary alicyclic amines) is 1. The fourth-order valence-corrected chi connectivity index (χ4v) is 3.67. The zero-order chi connectivity index (χ0) is 18.7. The van der Waals surface area contributed by atoms with E-state index < -0.39 is 5.41 Å². The number of nitrogens with one attached hydrogen (secondary N) is 1. The molecule has 2 fully saturated rings. The van der Waals surface area contributed by atoms with E-state index in [9.17, 15) is 9.59 Å². The van der Waals surface area contributed by atoms with E-state index in [1.807, 2.05) is 4.90 Å². The highest BCUT2D eigenvalue weighted by molar-refractivity contribution is 6.32. The lowest BCUT2D eigenvalue weighted by atomic mass is 10.0. The van der Waals surface area contributed by atoms with Crippen molar-refractivity contribution in [3.63, 3.8) is 0 Å². The van der Waals surface area contributed by atoms with Gasteiger partial charge in [0.15, 0.2) is 0 Å². The van der Waals surface area contributed by atoms with E-state index in [1.54, 1.807) is 12.1 Å². The number of amides is 2. The second-order valence-corrected chi connectivity index (χ2v) is 7.34. The number of carbonyl (C=O) groups is 2. The van der Waals surface area contributed by atoms with Gasteiger partial charge in [0, 0.05) is 25.2 Å². The fraction of sp³-hybridized carbons (Fsp3) is 0.579. The molecule has 2 aliphatic rings. The van der Waals surface area contributed by atoms with Gasteiger partial charge < -0.3 is 19.7 Å². The van der Waals surface area contributed by atoms with Crippen LogP contribution in [-0.4, -0.2) is 44.0 Å². The quantitative estimate of drug-likeness (QED) is 0.794. The number of hydrogen-bond donors (Lipinski definition) is 1. The molecule has 1 aromatic carbocycles. The summed E-state index contributed by atoms with van der Waals surface area (Å²) in [7, 11) is 3.01. The molecule has 2 amide bonds. The highest BCUT2D eigenvalue weighted by Gasteiger charge is 2.58. The third kappa shape index (κ3) is 3.61. The van der Waals surface area contributed by atoms with Crippen LogP contribution in [0.2, 0.25) is 5.02 Å². The summed E-state index contributed by atoms with van der Waals surface area (Å²) >= 11 is 6.11. The third-order valence-corrected chi connectivity index (χ3v) is 5.50. The van der Waals surface area contributed by atoms with Crippen LogP contribution < -0.4 is 14.8 Å². The number of hydrogen-bond acceptors (Lipinski definition) is 4. The zero-order valence-corrected chi connectivity index (χ0v) is 16.0. The molecule has 7 heteroatoms. The van der Waals surface area contributed by atoms with Crippen LogP contribution in [0.3, 0.4) is 0 Å². The Hall–Kier alpha value is -1.95. The molecule has 142 valence electrons. The zero-order valence-electron chi connectivity index (χ0n) is 15.3. The Morgan fingerprint density at radius 3 is 2.19 bits per heavy atom. The summed E-state index contributed by atoms with van der Waals surface area (Å²) in [5, 5.41) is 3.24. The first-order chi connectivity index (χ1) is 12.5. The third-order valence-electron chi connectivity index (χ3n) is 5.21. The van der Waals surface area contributed by atoms with Gasteiger partial charge in [-0.15, -0.1) is 0 Å². The predicted octanol–water partition coefficient (Wildman–Crippen LogP) is 3.48. The molecule has 1 aliphatic carbocycles.